The molecule has 4 nitrogen and oxygen atoms in total. The third kappa shape index (κ3) is 2.91. The first kappa shape index (κ1) is 12.5. The highest BCUT2D eigenvalue weighted by molar-refractivity contribution is 5.40. The first-order valence-electron chi connectivity index (χ1n) is 6.67. The van der Waals surface area contributed by atoms with E-state index in [0.29, 0.717) is 0 Å². The van der Waals surface area contributed by atoms with E-state index in [1.54, 1.807) is 6.26 Å². The molecule has 0 saturated carbocycles. The number of nitrogens with zero attached hydrogens (tertiary/aromatic N) is 2. The molecule has 0 fully saturated rings. The smallest absolute Gasteiger partial charge is 0.125 e. The molecular weight excluding hydrogens is 250 g/mol. The Morgan fingerprint density at radius 2 is 2.05 bits per heavy atom. The van der Waals surface area contributed by atoms with Crippen LogP contribution in [0.5, 0.6) is 0 Å². The second-order valence-electron chi connectivity index (χ2n) is 4.79. The van der Waals surface area contributed by atoms with Crippen LogP contribution in [0.25, 0.3) is 0 Å². The van der Waals surface area contributed by atoms with Gasteiger partial charge < -0.3 is 9.73 Å². The molecule has 0 aliphatic carbocycles. The topological polar surface area (TPSA) is 43.0 Å². The zero-order valence-electron chi connectivity index (χ0n) is 11.4. The lowest BCUT2D eigenvalue weighted by Crippen LogP contribution is -2.05. The maximum atomic E-state index is 5.38. The van der Waals surface area contributed by atoms with Gasteiger partial charge in [-0.2, -0.15) is 5.10 Å². The Morgan fingerprint density at radius 1 is 1.20 bits per heavy atom. The first-order valence-corrected chi connectivity index (χ1v) is 6.67. The van der Waals surface area contributed by atoms with Crippen molar-refractivity contribution >= 4 is 5.69 Å². The number of rotatable bonds is 5. The molecule has 0 amide bonds. The summed E-state index contributed by atoms with van der Waals surface area (Å²) in [5.41, 5.74) is 2.23. The van der Waals surface area contributed by atoms with Crippen molar-refractivity contribution in [3.05, 3.63) is 72.4 Å². The predicted octanol–water partition coefficient (Wildman–Crippen LogP) is 3.70. The normalized spacial score (nSPS) is 12.2. The monoisotopic (exact) mass is 267 g/mol. The van der Waals surface area contributed by atoms with E-state index in [9.17, 15) is 0 Å². The van der Waals surface area contributed by atoms with Gasteiger partial charge in [-0.05, 0) is 24.6 Å². The van der Waals surface area contributed by atoms with Gasteiger partial charge in [0.05, 0.1) is 30.7 Å². The lowest BCUT2D eigenvalue weighted by molar-refractivity contribution is 0.490. The second-order valence-corrected chi connectivity index (χ2v) is 4.79. The lowest BCUT2D eigenvalue weighted by Gasteiger charge is -2.10. The minimum atomic E-state index is 0.124. The summed E-state index contributed by atoms with van der Waals surface area (Å²) in [5, 5.41) is 7.74. The van der Waals surface area contributed by atoms with E-state index < -0.39 is 0 Å². The van der Waals surface area contributed by atoms with Crippen molar-refractivity contribution in [1.29, 1.82) is 0 Å². The number of anilines is 1. The SMILES string of the molecule is CC(Nc1cnn(Cc2ccccc2)c1)c1ccco1. The van der Waals surface area contributed by atoms with Crippen LogP contribution in [0, 0.1) is 0 Å². The second kappa shape index (κ2) is 5.65. The summed E-state index contributed by atoms with van der Waals surface area (Å²) in [5.74, 6) is 0.917. The van der Waals surface area contributed by atoms with Gasteiger partial charge in [0, 0.05) is 6.20 Å². The number of hydrogen-bond acceptors (Lipinski definition) is 3. The molecule has 0 aliphatic rings. The van der Waals surface area contributed by atoms with Crippen LogP contribution >= 0.6 is 0 Å². The van der Waals surface area contributed by atoms with Crippen LogP contribution in [0.2, 0.25) is 0 Å². The highest BCUT2D eigenvalue weighted by atomic mass is 16.3. The highest BCUT2D eigenvalue weighted by Crippen LogP contribution is 2.19. The van der Waals surface area contributed by atoms with Crippen LogP contribution in [-0.2, 0) is 6.54 Å². The molecule has 2 heterocycles. The van der Waals surface area contributed by atoms with E-state index in [1.165, 1.54) is 5.56 Å². The lowest BCUT2D eigenvalue weighted by atomic mass is 10.2. The Bertz CT molecular complexity index is 643. The van der Waals surface area contributed by atoms with Gasteiger partial charge in [-0.25, -0.2) is 0 Å². The molecule has 1 aromatic carbocycles. The molecule has 0 bridgehead atoms. The summed E-state index contributed by atoms with van der Waals surface area (Å²) in [7, 11) is 0. The van der Waals surface area contributed by atoms with Crippen molar-refractivity contribution in [3.8, 4) is 0 Å². The number of benzene rings is 1. The Balaban J connectivity index is 1.65. The minimum Gasteiger partial charge on any atom is -0.467 e. The zero-order valence-corrected chi connectivity index (χ0v) is 11.4. The van der Waals surface area contributed by atoms with Gasteiger partial charge in [0.25, 0.3) is 0 Å². The van der Waals surface area contributed by atoms with E-state index in [2.05, 4.69) is 29.5 Å². The van der Waals surface area contributed by atoms with Gasteiger partial charge >= 0.3 is 0 Å². The quantitative estimate of drug-likeness (QED) is 0.766. The Morgan fingerprint density at radius 3 is 2.80 bits per heavy atom. The molecule has 0 spiro atoms. The maximum Gasteiger partial charge on any atom is 0.125 e. The summed E-state index contributed by atoms with van der Waals surface area (Å²) in [6.45, 7) is 2.84. The summed E-state index contributed by atoms with van der Waals surface area (Å²) in [6, 6.07) is 14.3. The van der Waals surface area contributed by atoms with Crippen LogP contribution in [0.4, 0.5) is 5.69 Å². The van der Waals surface area contributed by atoms with Crippen molar-refractivity contribution < 1.29 is 4.42 Å². The Labute approximate surface area is 118 Å². The molecular formula is C16H17N3O. The van der Waals surface area contributed by atoms with Crippen LogP contribution in [-0.4, -0.2) is 9.78 Å². The Hall–Kier alpha value is -2.49. The fraction of sp³-hybridized carbons (Fsp3) is 0.188. The predicted molar refractivity (Wildman–Crippen MR) is 78.5 cm³/mol. The molecule has 1 atom stereocenters. The number of hydrogen-bond donors (Lipinski definition) is 1. The van der Waals surface area contributed by atoms with E-state index in [1.807, 2.05) is 47.4 Å². The largest absolute Gasteiger partial charge is 0.467 e. The molecule has 0 radical (unpaired) electrons. The van der Waals surface area contributed by atoms with E-state index in [4.69, 9.17) is 4.42 Å². The van der Waals surface area contributed by atoms with Crippen molar-refractivity contribution in [3.63, 3.8) is 0 Å². The van der Waals surface area contributed by atoms with Crippen LogP contribution in [0.1, 0.15) is 24.3 Å². The van der Waals surface area contributed by atoms with Crippen LogP contribution < -0.4 is 5.32 Å². The molecule has 1 unspecified atom stereocenters. The molecule has 1 N–H and O–H groups in total. The summed E-state index contributed by atoms with van der Waals surface area (Å²) >= 11 is 0. The molecule has 102 valence electrons. The molecule has 3 rings (SSSR count). The summed E-state index contributed by atoms with van der Waals surface area (Å²) < 4.78 is 7.30. The standard InChI is InChI=1S/C16H17N3O/c1-13(16-8-5-9-20-16)18-15-10-17-19(12-15)11-14-6-3-2-4-7-14/h2-10,12-13,18H,11H2,1H3. The maximum absolute atomic E-state index is 5.38. The molecule has 20 heavy (non-hydrogen) atoms. The molecule has 0 aliphatic heterocycles. The van der Waals surface area contributed by atoms with Crippen LogP contribution in [0.15, 0.2) is 65.5 Å². The van der Waals surface area contributed by atoms with Crippen molar-refractivity contribution in [2.45, 2.75) is 19.5 Å². The van der Waals surface area contributed by atoms with E-state index >= 15 is 0 Å². The number of furan rings is 1. The fourth-order valence-corrected chi connectivity index (χ4v) is 2.15. The molecule has 0 saturated heterocycles. The van der Waals surface area contributed by atoms with Gasteiger partial charge in [0.2, 0.25) is 0 Å². The van der Waals surface area contributed by atoms with Crippen molar-refractivity contribution in [1.82, 2.24) is 9.78 Å². The molecule has 4 heteroatoms. The number of nitrogens with one attached hydrogen (secondary N) is 1. The van der Waals surface area contributed by atoms with E-state index in [0.717, 1.165) is 18.0 Å². The van der Waals surface area contributed by atoms with E-state index in [-0.39, 0.29) is 6.04 Å². The Kier molecular flexibility index (Phi) is 3.54. The van der Waals surface area contributed by atoms with Gasteiger partial charge in [0.1, 0.15) is 5.76 Å². The minimum absolute atomic E-state index is 0.124. The highest BCUT2D eigenvalue weighted by Gasteiger charge is 2.09. The van der Waals surface area contributed by atoms with Gasteiger partial charge in [-0.1, -0.05) is 30.3 Å². The van der Waals surface area contributed by atoms with Gasteiger partial charge in [0.15, 0.2) is 0 Å². The van der Waals surface area contributed by atoms with Crippen molar-refractivity contribution in [2.75, 3.05) is 5.32 Å². The van der Waals surface area contributed by atoms with Gasteiger partial charge in [-0.15, -0.1) is 0 Å². The average molecular weight is 267 g/mol. The zero-order chi connectivity index (χ0) is 13.8. The van der Waals surface area contributed by atoms with Gasteiger partial charge in [-0.3, -0.25) is 4.68 Å². The summed E-state index contributed by atoms with van der Waals surface area (Å²) in [4.78, 5) is 0. The van der Waals surface area contributed by atoms with Crippen LogP contribution in [0.3, 0.4) is 0 Å². The third-order valence-electron chi connectivity index (χ3n) is 3.17. The first-order chi connectivity index (χ1) is 9.81. The molecule has 2 aromatic heterocycles. The molecule has 3 aromatic rings. The fourth-order valence-electron chi connectivity index (χ4n) is 2.15. The number of aromatic nitrogens is 2. The van der Waals surface area contributed by atoms with Crippen molar-refractivity contribution in [2.24, 2.45) is 0 Å². The summed E-state index contributed by atoms with van der Waals surface area (Å²) in [6.07, 6.45) is 5.53. The average Bonchev–Trinajstić information content (AvgIpc) is 3.11. The third-order valence-corrected chi connectivity index (χ3v) is 3.17.